The van der Waals surface area contributed by atoms with Gasteiger partial charge < -0.3 is 4.74 Å². The molecule has 0 unspecified atom stereocenters. The number of carbonyl (C=O) groups is 2. The van der Waals surface area contributed by atoms with Crippen LogP contribution in [0.15, 0.2) is 66.7 Å². The number of methoxy groups -OCH3 is 1. The Morgan fingerprint density at radius 2 is 1.46 bits per heavy atom. The third kappa shape index (κ3) is 7.72. The first-order valence-electron chi connectivity index (χ1n) is 15.3. The molecule has 41 heavy (non-hydrogen) atoms. The van der Waals surface area contributed by atoms with Crippen molar-refractivity contribution >= 4 is 11.8 Å². The summed E-state index contributed by atoms with van der Waals surface area (Å²) in [7, 11) is 1.43. The number of rotatable bonds is 10. The summed E-state index contributed by atoms with van der Waals surface area (Å²) in [6.07, 6.45) is 7.03. The van der Waals surface area contributed by atoms with Gasteiger partial charge in [0.25, 0.3) is 0 Å². The number of piperidine rings is 1. The zero-order chi connectivity index (χ0) is 28.6. The van der Waals surface area contributed by atoms with E-state index in [1.165, 1.54) is 29.4 Å². The van der Waals surface area contributed by atoms with Gasteiger partial charge in [0.15, 0.2) is 5.78 Å². The standard InChI is InChI=1S/C36H44N2O3/c1-27-8-3-4-10-32(27)25-38-22-18-29-14-15-31(24-30(29)19-23-38)35(39)13-7-9-28-16-20-37(21-17-28)26-33-11-5-6-12-34(33)36(40)41-2/h3-6,8,10-12,14-15,24,28H,7,9,13,16-23,25-26H2,1-2H3. The third-order valence-electron chi connectivity index (χ3n) is 9.12. The van der Waals surface area contributed by atoms with E-state index < -0.39 is 0 Å². The minimum absolute atomic E-state index is 0.269. The number of aryl methyl sites for hydroxylation is 1. The topological polar surface area (TPSA) is 49.9 Å². The van der Waals surface area contributed by atoms with Crippen LogP contribution in [-0.4, -0.2) is 54.8 Å². The van der Waals surface area contributed by atoms with Crippen molar-refractivity contribution in [3.05, 3.63) is 106 Å². The lowest BCUT2D eigenvalue weighted by atomic mass is 9.90. The van der Waals surface area contributed by atoms with E-state index in [1.807, 2.05) is 24.3 Å². The first-order chi connectivity index (χ1) is 20.0. The summed E-state index contributed by atoms with van der Waals surface area (Å²) in [4.78, 5) is 30.2. The summed E-state index contributed by atoms with van der Waals surface area (Å²) in [6.45, 7) is 8.11. The highest BCUT2D eigenvalue weighted by Crippen LogP contribution is 2.26. The largest absolute Gasteiger partial charge is 0.465 e. The van der Waals surface area contributed by atoms with Crippen molar-refractivity contribution in [3.8, 4) is 0 Å². The van der Waals surface area contributed by atoms with Gasteiger partial charge in [-0.25, -0.2) is 4.79 Å². The van der Waals surface area contributed by atoms with Crippen molar-refractivity contribution < 1.29 is 14.3 Å². The number of Topliss-reactive ketones (excluding diaryl/α,β-unsaturated/α-hetero) is 1. The lowest BCUT2D eigenvalue weighted by Crippen LogP contribution is -2.33. The fourth-order valence-corrected chi connectivity index (χ4v) is 6.47. The van der Waals surface area contributed by atoms with Crippen LogP contribution in [0.5, 0.6) is 0 Å². The number of hydrogen-bond acceptors (Lipinski definition) is 5. The van der Waals surface area contributed by atoms with Gasteiger partial charge in [-0.1, -0.05) is 54.6 Å². The van der Waals surface area contributed by atoms with Gasteiger partial charge in [0, 0.05) is 38.2 Å². The van der Waals surface area contributed by atoms with Gasteiger partial charge in [-0.15, -0.1) is 0 Å². The number of likely N-dealkylation sites (tertiary alicyclic amines) is 1. The van der Waals surface area contributed by atoms with E-state index in [2.05, 4.69) is 59.2 Å². The molecule has 0 saturated carbocycles. The molecular formula is C36H44N2O3. The van der Waals surface area contributed by atoms with E-state index in [4.69, 9.17) is 4.74 Å². The molecule has 2 aliphatic heterocycles. The maximum atomic E-state index is 13.1. The SMILES string of the molecule is COC(=O)c1ccccc1CN1CCC(CCCC(=O)c2ccc3c(c2)CCN(Cc2ccccc2C)CC3)CC1. The molecule has 0 bridgehead atoms. The average molecular weight is 553 g/mol. The Hall–Kier alpha value is -3.28. The van der Waals surface area contributed by atoms with Crippen molar-refractivity contribution in [2.75, 3.05) is 33.3 Å². The predicted octanol–water partition coefficient (Wildman–Crippen LogP) is 6.65. The molecule has 3 aromatic carbocycles. The molecule has 0 spiro atoms. The van der Waals surface area contributed by atoms with Crippen LogP contribution in [0.1, 0.15) is 80.6 Å². The first-order valence-corrected chi connectivity index (χ1v) is 15.3. The lowest BCUT2D eigenvalue weighted by Gasteiger charge is -2.32. The molecule has 216 valence electrons. The number of fused-ring (bicyclic) bond motifs is 1. The zero-order valence-corrected chi connectivity index (χ0v) is 24.7. The Bertz CT molecular complexity index is 1340. The molecule has 5 rings (SSSR count). The van der Waals surface area contributed by atoms with Crippen LogP contribution in [-0.2, 0) is 30.7 Å². The van der Waals surface area contributed by atoms with Gasteiger partial charge in [0.2, 0.25) is 0 Å². The summed E-state index contributed by atoms with van der Waals surface area (Å²) >= 11 is 0. The predicted molar refractivity (Wildman–Crippen MR) is 164 cm³/mol. The highest BCUT2D eigenvalue weighted by molar-refractivity contribution is 5.96. The second kappa shape index (κ2) is 14.1. The van der Waals surface area contributed by atoms with Gasteiger partial charge in [-0.05, 0) is 104 Å². The van der Waals surface area contributed by atoms with Crippen molar-refractivity contribution in [1.82, 2.24) is 9.80 Å². The first kappa shape index (κ1) is 29.2. The lowest BCUT2D eigenvalue weighted by molar-refractivity contribution is 0.0597. The molecule has 0 amide bonds. The monoisotopic (exact) mass is 552 g/mol. The van der Waals surface area contributed by atoms with Crippen molar-refractivity contribution in [2.24, 2.45) is 5.92 Å². The molecule has 0 aromatic heterocycles. The maximum absolute atomic E-state index is 13.1. The number of hydrogen-bond donors (Lipinski definition) is 0. The van der Waals surface area contributed by atoms with Gasteiger partial charge in [-0.2, -0.15) is 0 Å². The Morgan fingerprint density at radius 1 is 0.805 bits per heavy atom. The molecule has 5 heteroatoms. The Labute approximate surface area is 245 Å². The van der Waals surface area contributed by atoms with Crippen molar-refractivity contribution in [3.63, 3.8) is 0 Å². The summed E-state index contributed by atoms with van der Waals surface area (Å²) in [5.74, 6) is 0.682. The summed E-state index contributed by atoms with van der Waals surface area (Å²) in [5, 5.41) is 0. The number of nitrogens with zero attached hydrogens (tertiary/aromatic N) is 2. The van der Waals surface area contributed by atoms with Crippen LogP contribution in [0, 0.1) is 12.8 Å². The van der Waals surface area contributed by atoms with Gasteiger partial charge in [-0.3, -0.25) is 14.6 Å². The van der Waals surface area contributed by atoms with Crippen LogP contribution >= 0.6 is 0 Å². The highest BCUT2D eigenvalue weighted by Gasteiger charge is 2.22. The highest BCUT2D eigenvalue weighted by atomic mass is 16.5. The molecule has 5 nitrogen and oxygen atoms in total. The molecule has 0 atom stereocenters. The Kier molecular flexibility index (Phi) is 10.0. The summed E-state index contributed by atoms with van der Waals surface area (Å²) in [5.41, 5.74) is 8.09. The van der Waals surface area contributed by atoms with Crippen molar-refractivity contribution in [1.29, 1.82) is 0 Å². The van der Waals surface area contributed by atoms with E-state index in [9.17, 15) is 9.59 Å². The fraction of sp³-hybridized carbons (Fsp3) is 0.444. The molecule has 1 fully saturated rings. The summed E-state index contributed by atoms with van der Waals surface area (Å²) < 4.78 is 4.95. The molecule has 0 radical (unpaired) electrons. The number of carbonyl (C=O) groups excluding carboxylic acids is 2. The number of ether oxygens (including phenoxy) is 1. The minimum atomic E-state index is -0.269. The Morgan fingerprint density at radius 3 is 2.22 bits per heavy atom. The molecule has 3 aromatic rings. The van der Waals surface area contributed by atoms with E-state index in [1.54, 1.807) is 0 Å². The van der Waals surface area contributed by atoms with Crippen LogP contribution in [0.2, 0.25) is 0 Å². The molecular weight excluding hydrogens is 508 g/mol. The van der Waals surface area contributed by atoms with E-state index >= 15 is 0 Å². The molecule has 1 saturated heterocycles. The van der Waals surface area contributed by atoms with Crippen LogP contribution < -0.4 is 0 Å². The quantitative estimate of drug-likeness (QED) is 0.208. The number of ketones is 1. The fourth-order valence-electron chi connectivity index (χ4n) is 6.47. The van der Waals surface area contributed by atoms with E-state index in [0.29, 0.717) is 17.9 Å². The van der Waals surface area contributed by atoms with Gasteiger partial charge in [0.05, 0.1) is 12.7 Å². The van der Waals surface area contributed by atoms with E-state index in [-0.39, 0.29) is 11.8 Å². The second-order valence-corrected chi connectivity index (χ2v) is 11.9. The number of benzene rings is 3. The minimum Gasteiger partial charge on any atom is -0.465 e. The average Bonchev–Trinajstić information content (AvgIpc) is 3.21. The molecule has 2 aliphatic rings. The summed E-state index contributed by atoms with van der Waals surface area (Å²) in [6, 6.07) is 22.8. The van der Waals surface area contributed by atoms with Crippen LogP contribution in [0.25, 0.3) is 0 Å². The Balaban J connectivity index is 1.06. The normalized spacial score (nSPS) is 16.6. The maximum Gasteiger partial charge on any atom is 0.338 e. The van der Waals surface area contributed by atoms with Crippen LogP contribution in [0.3, 0.4) is 0 Å². The van der Waals surface area contributed by atoms with E-state index in [0.717, 1.165) is 88.9 Å². The van der Waals surface area contributed by atoms with Crippen molar-refractivity contribution in [2.45, 2.75) is 65.0 Å². The van der Waals surface area contributed by atoms with Gasteiger partial charge >= 0.3 is 5.97 Å². The third-order valence-corrected chi connectivity index (χ3v) is 9.12. The smallest absolute Gasteiger partial charge is 0.338 e. The molecule has 0 N–H and O–H groups in total. The zero-order valence-electron chi connectivity index (χ0n) is 24.7. The second-order valence-electron chi connectivity index (χ2n) is 11.9. The molecule has 2 heterocycles. The molecule has 0 aliphatic carbocycles. The van der Waals surface area contributed by atoms with Gasteiger partial charge in [0.1, 0.15) is 0 Å². The number of esters is 1. The van der Waals surface area contributed by atoms with Crippen LogP contribution in [0.4, 0.5) is 0 Å².